The van der Waals surface area contributed by atoms with Crippen LogP contribution in [0.4, 0.5) is 8.78 Å². The standard InChI is InChI=1S/C22H6F2N4S4/c1-28-14(10-27)18-7-13(16-3-5-20(24)30-16)22(32-18)21-12(15-2-4-19(23)29-15)6-17(31-21)11(8-25)9-26/h2-7H/b18-14+,22-21+. The Bertz CT molecular complexity index is 1600. The third kappa shape index (κ3) is 3.85. The largest absolute Gasteiger partial charge is 0.278 e. The summed E-state index contributed by atoms with van der Waals surface area (Å²) in [5, 5.41) is 27.2. The minimum absolute atomic E-state index is 0.0783. The molecule has 32 heavy (non-hydrogen) atoms. The SMILES string of the molecule is [C-]#[N+]/C(C#N)=c1\cc(-c2ccc(F)s2)/c(=c2\sc(=C(C#N)C#N)cc2-c2ccc(F)s2)s1. The first kappa shape index (κ1) is 21.6. The molecule has 4 aromatic heterocycles. The number of rotatable bonds is 2. The van der Waals surface area contributed by atoms with E-state index in [1.807, 2.05) is 18.2 Å². The van der Waals surface area contributed by atoms with Gasteiger partial charge in [-0.1, -0.05) is 0 Å². The van der Waals surface area contributed by atoms with Crippen LogP contribution in [0.2, 0.25) is 0 Å². The molecule has 0 aliphatic rings. The highest BCUT2D eigenvalue weighted by molar-refractivity contribution is 7.16. The number of nitrogens with zero attached hydrogens (tertiary/aromatic N) is 4. The molecular weight excluding hydrogens is 487 g/mol. The van der Waals surface area contributed by atoms with Crippen LogP contribution in [0.5, 0.6) is 0 Å². The van der Waals surface area contributed by atoms with Crippen LogP contribution in [0, 0.1) is 59.9 Å². The van der Waals surface area contributed by atoms with Gasteiger partial charge in [-0.05, 0) is 36.4 Å². The Morgan fingerprint density at radius 2 is 1.25 bits per heavy atom. The van der Waals surface area contributed by atoms with Crippen molar-refractivity contribution in [2.45, 2.75) is 0 Å². The van der Waals surface area contributed by atoms with E-state index < -0.39 is 0 Å². The minimum Gasteiger partial charge on any atom is -0.225 e. The summed E-state index contributed by atoms with van der Waals surface area (Å²) in [6.07, 6.45) is 0. The Kier molecular flexibility index (Phi) is 5.97. The first-order valence-electron chi connectivity index (χ1n) is 8.61. The third-order valence-electron chi connectivity index (χ3n) is 4.27. The van der Waals surface area contributed by atoms with Crippen molar-refractivity contribution in [3.63, 3.8) is 0 Å². The summed E-state index contributed by atoms with van der Waals surface area (Å²) in [6.45, 7) is 7.28. The van der Waals surface area contributed by atoms with Gasteiger partial charge in [-0.3, -0.25) is 0 Å². The van der Waals surface area contributed by atoms with Crippen LogP contribution in [-0.2, 0) is 0 Å². The summed E-state index contributed by atoms with van der Waals surface area (Å²) in [4.78, 5) is 4.48. The first-order valence-corrected chi connectivity index (χ1v) is 11.9. The Hall–Kier alpha value is -3.64. The lowest BCUT2D eigenvalue weighted by Gasteiger charge is -1.94. The second kappa shape index (κ2) is 8.85. The highest BCUT2D eigenvalue weighted by Crippen LogP contribution is 2.34. The summed E-state index contributed by atoms with van der Waals surface area (Å²) >= 11 is 4.22. The summed E-state index contributed by atoms with van der Waals surface area (Å²) in [7, 11) is 0. The van der Waals surface area contributed by atoms with E-state index in [-0.39, 0.29) is 21.5 Å². The van der Waals surface area contributed by atoms with Crippen molar-refractivity contribution in [3.05, 3.63) is 76.2 Å². The van der Waals surface area contributed by atoms with Crippen LogP contribution < -0.4 is 9.06 Å². The summed E-state index contributed by atoms with van der Waals surface area (Å²) in [6, 6.07) is 14.8. The molecule has 4 rings (SSSR count). The van der Waals surface area contributed by atoms with E-state index in [0.717, 1.165) is 22.7 Å². The second-order valence-electron chi connectivity index (χ2n) is 6.09. The van der Waals surface area contributed by atoms with Crippen molar-refractivity contribution >= 4 is 56.6 Å². The van der Waals surface area contributed by atoms with E-state index in [1.54, 1.807) is 24.3 Å². The van der Waals surface area contributed by atoms with E-state index in [4.69, 9.17) is 6.57 Å². The van der Waals surface area contributed by atoms with Gasteiger partial charge in [-0.2, -0.15) is 19.3 Å². The smallest absolute Gasteiger partial charge is 0.225 e. The van der Waals surface area contributed by atoms with Gasteiger partial charge in [0.1, 0.15) is 17.7 Å². The third-order valence-corrected chi connectivity index (χ3v) is 8.54. The van der Waals surface area contributed by atoms with E-state index >= 15 is 0 Å². The lowest BCUT2D eigenvalue weighted by Crippen LogP contribution is -1.94. The molecule has 0 atom stereocenters. The van der Waals surface area contributed by atoms with Gasteiger partial charge in [0.15, 0.2) is 10.3 Å². The van der Waals surface area contributed by atoms with Gasteiger partial charge in [0, 0.05) is 25.4 Å². The highest BCUT2D eigenvalue weighted by Gasteiger charge is 2.14. The van der Waals surface area contributed by atoms with Crippen molar-refractivity contribution < 1.29 is 8.78 Å². The highest BCUT2D eigenvalue weighted by atomic mass is 32.1. The predicted molar refractivity (Wildman–Crippen MR) is 122 cm³/mol. The van der Waals surface area contributed by atoms with Crippen LogP contribution in [0.15, 0.2) is 36.4 Å². The molecule has 0 unspecified atom stereocenters. The summed E-state index contributed by atoms with van der Waals surface area (Å²) < 4.78 is 29.7. The molecule has 0 amide bonds. The van der Waals surface area contributed by atoms with Crippen molar-refractivity contribution in [2.75, 3.05) is 0 Å². The van der Waals surface area contributed by atoms with Crippen molar-refractivity contribution in [1.82, 2.24) is 0 Å². The van der Waals surface area contributed by atoms with Crippen molar-refractivity contribution in [2.24, 2.45) is 0 Å². The molecule has 0 saturated carbocycles. The molecule has 4 nitrogen and oxygen atoms in total. The quantitative estimate of drug-likeness (QED) is 0.343. The predicted octanol–water partition coefficient (Wildman–Crippen LogP) is 5.58. The van der Waals surface area contributed by atoms with E-state index in [1.165, 1.54) is 34.8 Å². The zero-order chi connectivity index (χ0) is 22.8. The van der Waals surface area contributed by atoms with Gasteiger partial charge in [0.2, 0.25) is 0 Å². The van der Waals surface area contributed by atoms with E-state index in [0.29, 0.717) is 39.0 Å². The number of hydrogen-bond donors (Lipinski definition) is 0. The number of hydrogen-bond acceptors (Lipinski definition) is 7. The Morgan fingerprint density at radius 3 is 1.66 bits per heavy atom. The maximum absolute atomic E-state index is 13.8. The maximum Gasteiger partial charge on any atom is 0.278 e. The molecule has 0 spiro atoms. The normalized spacial score (nSPS) is 12.3. The molecule has 4 heterocycles. The molecule has 4 aromatic rings. The molecular formula is C22H6F2N4S4. The van der Waals surface area contributed by atoms with Crippen molar-refractivity contribution in [3.8, 4) is 39.1 Å². The van der Waals surface area contributed by atoms with E-state index in [9.17, 15) is 24.6 Å². The van der Waals surface area contributed by atoms with Crippen LogP contribution in [0.25, 0.3) is 37.0 Å². The van der Waals surface area contributed by atoms with Gasteiger partial charge < -0.3 is 0 Å². The van der Waals surface area contributed by atoms with Gasteiger partial charge in [0.05, 0.1) is 26.2 Å². The molecule has 0 aliphatic heterocycles. The van der Waals surface area contributed by atoms with Gasteiger partial charge in [0.25, 0.3) is 5.70 Å². The molecule has 152 valence electrons. The molecule has 0 aliphatic carbocycles. The average Bonchev–Trinajstić information content (AvgIpc) is 3.56. The topological polar surface area (TPSA) is 75.7 Å². The fourth-order valence-corrected chi connectivity index (χ4v) is 6.94. The average molecular weight is 493 g/mol. The molecule has 10 heteroatoms. The Labute approximate surface area is 195 Å². The van der Waals surface area contributed by atoms with Crippen LogP contribution in [0.3, 0.4) is 0 Å². The number of halogens is 2. The summed E-state index contributed by atoms with van der Waals surface area (Å²) in [5.74, 6) is 0. The molecule has 0 radical (unpaired) electrons. The molecule has 0 saturated heterocycles. The lowest BCUT2D eigenvalue weighted by molar-refractivity contribution is 0.657. The van der Waals surface area contributed by atoms with Gasteiger partial charge >= 0.3 is 0 Å². The van der Waals surface area contributed by atoms with Crippen LogP contribution >= 0.6 is 45.3 Å². The minimum atomic E-state index is -0.385. The molecule has 0 bridgehead atoms. The maximum atomic E-state index is 13.8. The fraction of sp³-hybridized carbons (Fsp3) is 0. The summed E-state index contributed by atoms with van der Waals surface area (Å²) in [5.41, 5.74) is 1.07. The zero-order valence-electron chi connectivity index (χ0n) is 15.6. The van der Waals surface area contributed by atoms with Gasteiger partial charge in [-0.25, -0.2) is 10.1 Å². The molecule has 0 fully saturated rings. The van der Waals surface area contributed by atoms with Crippen molar-refractivity contribution in [1.29, 1.82) is 15.8 Å². The second-order valence-corrected chi connectivity index (χ2v) is 10.3. The lowest BCUT2D eigenvalue weighted by atomic mass is 10.2. The molecule has 0 aromatic carbocycles. The Balaban J connectivity index is 2.29. The number of thiophene rings is 4. The fourth-order valence-electron chi connectivity index (χ4n) is 2.91. The zero-order valence-corrected chi connectivity index (χ0v) is 18.9. The van der Waals surface area contributed by atoms with Gasteiger partial charge in [-0.15, -0.1) is 45.3 Å². The number of nitriles is 3. The van der Waals surface area contributed by atoms with Crippen LogP contribution in [0.1, 0.15) is 0 Å². The van der Waals surface area contributed by atoms with E-state index in [2.05, 4.69) is 4.85 Å². The monoisotopic (exact) mass is 492 g/mol. The van der Waals surface area contributed by atoms with Crippen LogP contribution in [-0.4, -0.2) is 0 Å². The Morgan fingerprint density at radius 1 is 0.750 bits per heavy atom. The molecule has 0 N–H and O–H groups in total. The first-order chi connectivity index (χ1) is 15.5.